The first-order chi connectivity index (χ1) is 9.76. The van der Waals surface area contributed by atoms with Gasteiger partial charge in [-0.2, -0.15) is 5.10 Å². The smallest absolute Gasteiger partial charge is 0.170 e. The van der Waals surface area contributed by atoms with Gasteiger partial charge in [-0.1, -0.05) is 42.5 Å². The van der Waals surface area contributed by atoms with Gasteiger partial charge in [0.2, 0.25) is 0 Å². The third kappa shape index (κ3) is 2.48. The Morgan fingerprint density at radius 3 is 2.70 bits per heavy atom. The highest BCUT2D eigenvalue weighted by molar-refractivity contribution is 5.97. The predicted octanol–water partition coefficient (Wildman–Crippen LogP) is 3.48. The molecule has 0 aliphatic carbocycles. The van der Waals surface area contributed by atoms with Crippen LogP contribution in [0.4, 0.5) is 0 Å². The molecule has 3 aromatic rings. The Morgan fingerprint density at radius 1 is 1.15 bits per heavy atom. The summed E-state index contributed by atoms with van der Waals surface area (Å²) in [5, 5.41) is 6.51. The van der Waals surface area contributed by atoms with Gasteiger partial charge in [-0.15, -0.1) is 0 Å². The van der Waals surface area contributed by atoms with Crippen LogP contribution in [0.25, 0.3) is 10.8 Å². The number of rotatable bonds is 4. The van der Waals surface area contributed by atoms with E-state index >= 15 is 0 Å². The van der Waals surface area contributed by atoms with Crippen molar-refractivity contribution >= 4 is 16.6 Å². The van der Waals surface area contributed by atoms with Crippen LogP contribution in [-0.2, 0) is 13.0 Å². The third-order valence-corrected chi connectivity index (χ3v) is 3.46. The molecule has 0 amide bonds. The van der Waals surface area contributed by atoms with Crippen molar-refractivity contribution in [2.24, 2.45) is 0 Å². The average Bonchev–Trinajstić information content (AvgIpc) is 2.96. The van der Waals surface area contributed by atoms with E-state index in [-0.39, 0.29) is 5.78 Å². The molecule has 0 unspecified atom stereocenters. The molecule has 1 aromatic heterocycles. The Labute approximate surface area is 117 Å². The normalized spacial score (nSPS) is 10.8. The Morgan fingerprint density at radius 2 is 1.95 bits per heavy atom. The summed E-state index contributed by atoms with van der Waals surface area (Å²) in [7, 11) is 0. The summed E-state index contributed by atoms with van der Waals surface area (Å²) in [5.74, 6) is 0.111. The minimum Gasteiger partial charge on any atom is -0.294 e. The molecule has 0 aliphatic heterocycles. The number of benzene rings is 2. The molecule has 2 aromatic carbocycles. The first-order valence-electron chi connectivity index (χ1n) is 6.79. The molecule has 3 rings (SSSR count). The molecule has 1 heterocycles. The second-order valence-corrected chi connectivity index (χ2v) is 4.87. The summed E-state index contributed by atoms with van der Waals surface area (Å²) >= 11 is 0. The van der Waals surface area contributed by atoms with Gasteiger partial charge in [-0.3, -0.25) is 9.48 Å². The molecule has 0 aliphatic rings. The molecule has 100 valence electrons. The van der Waals surface area contributed by atoms with E-state index in [4.69, 9.17) is 0 Å². The molecule has 0 fully saturated rings. The van der Waals surface area contributed by atoms with E-state index in [1.807, 2.05) is 31.3 Å². The van der Waals surface area contributed by atoms with Crippen molar-refractivity contribution in [1.29, 1.82) is 0 Å². The Bertz CT molecular complexity index is 758. The lowest BCUT2D eigenvalue weighted by Gasteiger charge is -2.02. The van der Waals surface area contributed by atoms with Gasteiger partial charge >= 0.3 is 0 Å². The Balaban J connectivity index is 1.83. The number of carbonyl (C=O) groups is 1. The second-order valence-electron chi connectivity index (χ2n) is 4.87. The van der Waals surface area contributed by atoms with Crippen LogP contribution in [-0.4, -0.2) is 15.6 Å². The molecule has 3 heteroatoms. The van der Waals surface area contributed by atoms with Crippen LogP contribution in [0.15, 0.2) is 54.9 Å². The molecule has 0 radical (unpaired) electrons. The number of Topliss-reactive ketones (excluding diaryl/α,β-unsaturated/α-hetero) is 1. The van der Waals surface area contributed by atoms with Gasteiger partial charge in [0, 0.05) is 19.2 Å². The maximum absolute atomic E-state index is 12.2. The zero-order chi connectivity index (χ0) is 13.9. The number of hydrogen-bond donors (Lipinski definition) is 0. The molecular weight excluding hydrogens is 248 g/mol. The molecule has 20 heavy (non-hydrogen) atoms. The highest BCUT2D eigenvalue weighted by atomic mass is 16.1. The van der Waals surface area contributed by atoms with Crippen LogP contribution < -0.4 is 0 Å². The van der Waals surface area contributed by atoms with Crippen molar-refractivity contribution in [3.63, 3.8) is 0 Å². The van der Waals surface area contributed by atoms with Gasteiger partial charge in [0.05, 0.1) is 11.8 Å². The van der Waals surface area contributed by atoms with Crippen molar-refractivity contribution in [3.8, 4) is 0 Å². The first-order valence-corrected chi connectivity index (χ1v) is 6.79. The molecule has 0 atom stereocenters. The van der Waals surface area contributed by atoms with Gasteiger partial charge in [-0.05, 0) is 23.3 Å². The SMILES string of the molecule is CCn1cc(C(=O)Cc2ccc3ccccc3c2)cn1. The summed E-state index contributed by atoms with van der Waals surface area (Å²) in [6, 6.07) is 14.3. The second kappa shape index (κ2) is 5.29. The monoisotopic (exact) mass is 264 g/mol. The minimum atomic E-state index is 0.111. The number of carbonyl (C=O) groups excluding carboxylic acids is 1. The number of hydrogen-bond acceptors (Lipinski definition) is 2. The molecular formula is C17H16N2O. The van der Waals surface area contributed by atoms with E-state index in [0.29, 0.717) is 12.0 Å². The first kappa shape index (κ1) is 12.6. The van der Waals surface area contributed by atoms with E-state index in [2.05, 4.69) is 29.4 Å². The lowest BCUT2D eigenvalue weighted by atomic mass is 10.0. The standard InChI is InChI=1S/C17H16N2O/c1-2-19-12-16(11-18-19)17(20)10-13-7-8-14-5-3-4-6-15(14)9-13/h3-9,11-12H,2,10H2,1H3. The van der Waals surface area contributed by atoms with E-state index in [1.54, 1.807) is 10.9 Å². The van der Waals surface area contributed by atoms with E-state index in [0.717, 1.165) is 12.1 Å². The van der Waals surface area contributed by atoms with Gasteiger partial charge < -0.3 is 0 Å². The van der Waals surface area contributed by atoms with Gasteiger partial charge in [-0.25, -0.2) is 0 Å². The van der Waals surface area contributed by atoms with E-state index < -0.39 is 0 Å². The fourth-order valence-corrected chi connectivity index (χ4v) is 2.32. The lowest BCUT2D eigenvalue weighted by Crippen LogP contribution is -2.02. The Hall–Kier alpha value is -2.42. The topological polar surface area (TPSA) is 34.9 Å². The molecule has 0 saturated carbocycles. The highest BCUT2D eigenvalue weighted by Crippen LogP contribution is 2.17. The van der Waals surface area contributed by atoms with Crippen LogP contribution in [0, 0.1) is 0 Å². The maximum Gasteiger partial charge on any atom is 0.170 e. The third-order valence-electron chi connectivity index (χ3n) is 3.46. The van der Waals surface area contributed by atoms with Gasteiger partial charge in [0.25, 0.3) is 0 Å². The lowest BCUT2D eigenvalue weighted by molar-refractivity contribution is 0.0993. The van der Waals surface area contributed by atoms with Crippen molar-refractivity contribution < 1.29 is 4.79 Å². The molecule has 0 N–H and O–H groups in total. The number of nitrogens with zero attached hydrogens (tertiary/aromatic N) is 2. The maximum atomic E-state index is 12.2. The van der Waals surface area contributed by atoms with E-state index in [1.165, 1.54) is 10.8 Å². The molecule has 0 spiro atoms. The largest absolute Gasteiger partial charge is 0.294 e. The van der Waals surface area contributed by atoms with Crippen LogP contribution in [0.3, 0.4) is 0 Å². The number of fused-ring (bicyclic) bond motifs is 1. The van der Waals surface area contributed by atoms with Crippen LogP contribution >= 0.6 is 0 Å². The van der Waals surface area contributed by atoms with Crippen LogP contribution in [0.1, 0.15) is 22.8 Å². The fraction of sp³-hybridized carbons (Fsp3) is 0.176. The summed E-state index contributed by atoms with van der Waals surface area (Å²) in [4.78, 5) is 12.2. The van der Waals surface area contributed by atoms with Crippen molar-refractivity contribution in [2.75, 3.05) is 0 Å². The van der Waals surface area contributed by atoms with Gasteiger partial charge in [0.1, 0.15) is 0 Å². The molecule has 0 saturated heterocycles. The quantitative estimate of drug-likeness (QED) is 0.676. The fourth-order valence-electron chi connectivity index (χ4n) is 2.32. The van der Waals surface area contributed by atoms with Crippen molar-refractivity contribution in [1.82, 2.24) is 9.78 Å². The Kier molecular flexibility index (Phi) is 3.33. The van der Waals surface area contributed by atoms with E-state index in [9.17, 15) is 4.79 Å². The molecule has 0 bridgehead atoms. The van der Waals surface area contributed by atoms with Crippen LogP contribution in [0.2, 0.25) is 0 Å². The summed E-state index contributed by atoms with van der Waals surface area (Å²) in [5.41, 5.74) is 1.72. The van der Waals surface area contributed by atoms with Crippen molar-refractivity contribution in [2.45, 2.75) is 19.9 Å². The van der Waals surface area contributed by atoms with Gasteiger partial charge in [0.15, 0.2) is 5.78 Å². The average molecular weight is 264 g/mol. The minimum absolute atomic E-state index is 0.111. The zero-order valence-corrected chi connectivity index (χ0v) is 11.4. The number of aromatic nitrogens is 2. The number of aryl methyl sites for hydroxylation is 1. The summed E-state index contributed by atoms with van der Waals surface area (Å²) in [6.07, 6.45) is 3.87. The molecule has 3 nitrogen and oxygen atoms in total. The van der Waals surface area contributed by atoms with Crippen molar-refractivity contribution in [3.05, 3.63) is 66.0 Å². The van der Waals surface area contributed by atoms with Crippen LogP contribution in [0.5, 0.6) is 0 Å². The summed E-state index contributed by atoms with van der Waals surface area (Å²) < 4.78 is 1.77. The number of ketones is 1. The predicted molar refractivity (Wildman–Crippen MR) is 79.9 cm³/mol. The zero-order valence-electron chi connectivity index (χ0n) is 11.4. The summed E-state index contributed by atoms with van der Waals surface area (Å²) in [6.45, 7) is 2.79. The highest BCUT2D eigenvalue weighted by Gasteiger charge is 2.09.